The summed E-state index contributed by atoms with van der Waals surface area (Å²) in [5, 5.41) is 3.55. The molecule has 0 aliphatic heterocycles. The molecule has 1 atom stereocenters. The van der Waals surface area contributed by atoms with Crippen molar-refractivity contribution in [1.29, 1.82) is 0 Å². The zero-order chi connectivity index (χ0) is 12.7. The summed E-state index contributed by atoms with van der Waals surface area (Å²) in [6, 6.07) is 6.87. The van der Waals surface area contributed by atoms with E-state index in [0.717, 1.165) is 12.8 Å². The van der Waals surface area contributed by atoms with Crippen molar-refractivity contribution in [3.63, 3.8) is 0 Å². The second kappa shape index (κ2) is 7.57. The standard InChI is InChI=1S/C13H17Cl2NO/c1-2-10(7-8-14)9-16-13(17)11-3-5-12(15)6-4-11/h3-6,10H,2,7-9H2,1H3,(H,16,17). The summed E-state index contributed by atoms with van der Waals surface area (Å²) in [6.45, 7) is 2.77. The Kier molecular flexibility index (Phi) is 6.38. The molecular formula is C13H17Cl2NO. The van der Waals surface area contributed by atoms with Crippen molar-refractivity contribution in [2.24, 2.45) is 5.92 Å². The van der Waals surface area contributed by atoms with Crippen LogP contribution in [-0.4, -0.2) is 18.3 Å². The Balaban J connectivity index is 2.46. The lowest BCUT2D eigenvalue weighted by Gasteiger charge is -2.14. The molecule has 17 heavy (non-hydrogen) atoms. The number of hydrogen-bond acceptors (Lipinski definition) is 1. The van der Waals surface area contributed by atoms with Gasteiger partial charge in [0, 0.05) is 23.0 Å². The van der Waals surface area contributed by atoms with Crippen LogP contribution < -0.4 is 5.32 Å². The van der Waals surface area contributed by atoms with Crippen molar-refractivity contribution in [2.45, 2.75) is 19.8 Å². The fraction of sp³-hybridized carbons (Fsp3) is 0.462. The van der Waals surface area contributed by atoms with Gasteiger partial charge in [-0.3, -0.25) is 4.79 Å². The van der Waals surface area contributed by atoms with E-state index in [4.69, 9.17) is 23.2 Å². The first-order chi connectivity index (χ1) is 8.17. The van der Waals surface area contributed by atoms with E-state index in [0.29, 0.717) is 28.9 Å². The first-order valence-corrected chi connectivity index (χ1v) is 6.68. The van der Waals surface area contributed by atoms with Crippen LogP contribution in [0.4, 0.5) is 0 Å². The molecule has 0 bridgehead atoms. The minimum Gasteiger partial charge on any atom is -0.352 e. The van der Waals surface area contributed by atoms with E-state index in [-0.39, 0.29) is 5.91 Å². The quantitative estimate of drug-likeness (QED) is 0.787. The lowest BCUT2D eigenvalue weighted by atomic mass is 10.0. The molecule has 1 aromatic rings. The Morgan fingerprint density at radius 1 is 1.35 bits per heavy atom. The number of alkyl halides is 1. The van der Waals surface area contributed by atoms with E-state index in [9.17, 15) is 4.79 Å². The Morgan fingerprint density at radius 2 is 2.00 bits per heavy atom. The van der Waals surface area contributed by atoms with Crippen LogP contribution in [0.3, 0.4) is 0 Å². The van der Waals surface area contributed by atoms with Gasteiger partial charge >= 0.3 is 0 Å². The summed E-state index contributed by atoms with van der Waals surface area (Å²) in [4.78, 5) is 11.8. The van der Waals surface area contributed by atoms with Crippen LogP contribution in [0.5, 0.6) is 0 Å². The highest BCUT2D eigenvalue weighted by Crippen LogP contribution is 2.11. The van der Waals surface area contributed by atoms with Crippen molar-refractivity contribution >= 4 is 29.1 Å². The maximum atomic E-state index is 11.8. The maximum absolute atomic E-state index is 11.8. The third kappa shape index (κ3) is 4.97. The fourth-order valence-corrected chi connectivity index (χ4v) is 1.98. The van der Waals surface area contributed by atoms with E-state index in [1.165, 1.54) is 0 Å². The summed E-state index contributed by atoms with van der Waals surface area (Å²) in [7, 11) is 0. The normalized spacial score (nSPS) is 12.2. The van der Waals surface area contributed by atoms with Crippen molar-refractivity contribution in [3.8, 4) is 0 Å². The first-order valence-electron chi connectivity index (χ1n) is 5.77. The monoisotopic (exact) mass is 273 g/mol. The Labute approximate surface area is 112 Å². The maximum Gasteiger partial charge on any atom is 0.251 e. The summed E-state index contributed by atoms with van der Waals surface area (Å²) < 4.78 is 0. The van der Waals surface area contributed by atoms with Gasteiger partial charge < -0.3 is 5.32 Å². The third-order valence-electron chi connectivity index (χ3n) is 2.75. The summed E-state index contributed by atoms with van der Waals surface area (Å²) in [5.74, 6) is 1.02. The van der Waals surface area contributed by atoms with E-state index >= 15 is 0 Å². The Morgan fingerprint density at radius 3 is 2.53 bits per heavy atom. The van der Waals surface area contributed by atoms with Crippen LogP contribution in [0.2, 0.25) is 5.02 Å². The van der Waals surface area contributed by atoms with Gasteiger partial charge in [0.25, 0.3) is 5.91 Å². The van der Waals surface area contributed by atoms with Crippen molar-refractivity contribution in [1.82, 2.24) is 5.32 Å². The molecule has 0 saturated carbocycles. The molecule has 0 aromatic heterocycles. The minimum atomic E-state index is -0.0605. The van der Waals surface area contributed by atoms with E-state index in [1.54, 1.807) is 24.3 Å². The molecule has 1 amide bonds. The Bertz CT molecular complexity index is 351. The average molecular weight is 274 g/mol. The lowest BCUT2D eigenvalue weighted by molar-refractivity contribution is 0.0946. The molecule has 0 aliphatic rings. The highest BCUT2D eigenvalue weighted by Gasteiger charge is 2.09. The minimum absolute atomic E-state index is 0.0605. The van der Waals surface area contributed by atoms with Crippen LogP contribution in [0.15, 0.2) is 24.3 Å². The summed E-state index contributed by atoms with van der Waals surface area (Å²) in [6.07, 6.45) is 1.95. The molecule has 2 nitrogen and oxygen atoms in total. The van der Waals surface area contributed by atoms with Gasteiger partial charge in [0.2, 0.25) is 0 Å². The highest BCUT2D eigenvalue weighted by molar-refractivity contribution is 6.30. The van der Waals surface area contributed by atoms with Gasteiger partial charge in [0.15, 0.2) is 0 Å². The molecule has 1 N–H and O–H groups in total. The molecule has 1 aromatic carbocycles. The van der Waals surface area contributed by atoms with Gasteiger partial charge in [0.1, 0.15) is 0 Å². The molecule has 1 rings (SSSR count). The fourth-order valence-electron chi connectivity index (χ4n) is 1.55. The molecule has 94 valence electrons. The predicted molar refractivity (Wildman–Crippen MR) is 72.9 cm³/mol. The number of halogens is 2. The van der Waals surface area contributed by atoms with Crippen LogP contribution in [-0.2, 0) is 0 Å². The number of rotatable bonds is 6. The van der Waals surface area contributed by atoms with E-state index in [2.05, 4.69) is 12.2 Å². The molecule has 1 unspecified atom stereocenters. The largest absolute Gasteiger partial charge is 0.352 e. The van der Waals surface area contributed by atoms with Gasteiger partial charge in [-0.25, -0.2) is 0 Å². The number of carbonyl (C=O) groups is 1. The van der Waals surface area contributed by atoms with Gasteiger partial charge in [-0.1, -0.05) is 24.9 Å². The number of carbonyl (C=O) groups excluding carboxylic acids is 1. The number of amides is 1. The second-order valence-electron chi connectivity index (χ2n) is 3.97. The smallest absolute Gasteiger partial charge is 0.251 e. The third-order valence-corrected chi connectivity index (χ3v) is 3.22. The molecule has 0 aliphatic carbocycles. The second-order valence-corrected chi connectivity index (χ2v) is 4.78. The first kappa shape index (κ1) is 14.3. The van der Waals surface area contributed by atoms with Gasteiger partial charge in [0.05, 0.1) is 0 Å². The van der Waals surface area contributed by atoms with Crippen molar-refractivity contribution in [2.75, 3.05) is 12.4 Å². The van der Waals surface area contributed by atoms with Gasteiger partial charge in [-0.2, -0.15) is 0 Å². The summed E-state index contributed by atoms with van der Waals surface area (Å²) in [5.41, 5.74) is 0.634. The van der Waals surface area contributed by atoms with Crippen LogP contribution in [0, 0.1) is 5.92 Å². The van der Waals surface area contributed by atoms with Crippen molar-refractivity contribution in [3.05, 3.63) is 34.9 Å². The number of nitrogens with one attached hydrogen (secondary N) is 1. The molecule has 0 heterocycles. The SMILES string of the molecule is CCC(CCCl)CNC(=O)c1ccc(Cl)cc1. The number of hydrogen-bond donors (Lipinski definition) is 1. The number of benzene rings is 1. The zero-order valence-electron chi connectivity index (χ0n) is 9.88. The molecule has 0 spiro atoms. The molecule has 0 radical (unpaired) electrons. The topological polar surface area (TPSA) is 29.1 Å². The van der Waals surface area contributed by atoms with Crippen LogP contribution in [0.1, 0.15) is 30.1 Å². The zero-order valence-corrected chi connectivity index (χ0v) is 11.4. The van der Waals surface area contributed by atoms with Gasteiger partial charge in [-0.05, 0) is 36.6 Å². The predicted octanol–water partition coefficient (Wildman–Crippen LogP) is 3.72. The molecule has 4 heteroatoms. The van der Waals surface area contributed by atoms with E-state index in [1.807, 2.05) is 0 Å². The lowest BCUT2D eigenvalue weighted by Crippen LogP contribution is -2.29. The molecule has 0 fully saturated rings. The molecule has 0 saturated heterocycles. The van der Waals surface area contributed by atoms with E-state index < -0.39 is 0 Å². The average Bonchev–Trinajstić information content (AvgIpc) is 2.35. The Hall–Kier alpha value is -0.730. The van der Waals surface area contributed by atoms with Gasteiger partial charge in [-0.15, -0.1) is 11.6 Å². The molecular weight excluding hydrogens is 257 g/mol. The highest BCUT2D eigenvalue weighted by atomic mass is 35.5. The van der Waals surface area contributed by atoms with Crippen LogP contribution in [0.25, 0.3) is 0 Å². The van der Waals surface area contributed by atoms with Crippen LogP contribution >= 0.6 is 23.2 Å². The van der Waals surface area contributed by atoms with Crippen molar-refractivity contribution < 1.29 is 4.79 Å². The summed E-state index contributed by atoms with van der Waals surface area (Å²) >= 11 is 11.5.